The molecule has 1 aliphatic rings. The number of benzene rings is 1. The van der Waals surface area contributed by atoms with Gasteiger partial charge in [-0.1, -0.05) is 12.1 Å². The van der Waals surface area contributed by atoms with Gasteiger partial charge >= 0.3 is 5.97 Å². The Bertz CT molecular complexity index is 986. The van der Waals surface area contributed by atoms with E-state index >= 15 is 0 Å². The number of nitrogens with one attached hydrogen (secondary N) is 1. The number of hydrogen-bond donors (Lipinski definition) is 1. The van der Waals surface area contributed by atoms with Gasteiger partial charge in [-0.15, -0.1) is 0 Å². The van der Waals surface area contributed by atoms with Crippen LogP contribution in [0.2, 0.25) is 0 Å². The molecule has 8 nitrogen and oxygen atoms in total. The van der Waals surface area contributed by atoms with Crippen LogP contribution < -0.4 is 10.2 Å². The molecule has 3 aromatic rings. The molecule has 0 amide bonds. The maximum Gasteiger partial charge on any atom is 0.338 e. The molecule has 3 heterocycles. The van der Waals surface area contributed by atoms with Gasteiger partial charge in [-0.05, 0) is 37.3 Å². The summed E-state index contributed by atoms with van der Waals surface area (Å²) in [7, 11) is 0. The molecule has 0 atom stereocenters. The van der Waals surface area contributed by atoms with Gasteiger partial charge in [0, 0.05) is 24.8 Å². The Labute approximate surface area is 174 Å². The van der Waals surface area contributed by atoms with E-state index < -0.39 is 0 Å². The average molecular weight is 405 g/mol. The maximum atomic E-state index is 11.8. The van der Waals surface area contributed by atoms with Crippen molar-refractivity contribution in [2.45, 2.75) is 6.92 Å². The molecule has 2 aromatic heterocycles. The predicted molar refractivity (Wildman–Crippen MR) is 114 cm³/mol. The van der Waals surface area contributed by atoms with Crippen LogP contribution in [-0.2, 0) is 9.47 Å². The molecule has 154 valence electrons. The van der Waals surface area contributed by atoms with Gasteiger partial charge in [-0.2, -0.15) is 0 Å². The summed E-state index contributed by atoms with van der Waals surface area (Å²) in [5.41, 5.74) is 2.95. The van der Waals surface area contributed by atoms with Crippen molar-refractivity contribution in [3.05, 3.63) is 60.4 Å². The molecule has 0 unspecified atom stereocenters. The largest absolute Gasteiger partial charge is 0.462 e. The molecule has 0 spiro atoms. The third kappa shape index (κ3) is 4.72. The lowest BCUT2D eigenvalue weighted by Gasteiger charge is -2.27. The molecule has 0 bridgehead atoms. The van der Waals surface area contributed by atoms with Crippen LogP contribution in [0.4, 0.5) is 17.5 Å². The number of carbonyl (C=O) groups is 1. The number of hydrogen-bond acceptors (Lipinski definition) is 8. The van der Waals surface area contributed by atoms with Crippen molar-refractivity contribution in [2.75, 3.05) is 43.1 Å². The van der Waals surface area contributed by atoms with Gasteiger partial charge in [0.2, 0.25) is 5.95 Å². The smallest absolute Gasteiger partial charge is 0.338 e. The summed E-state index contributed by atoms with van der Waals surface area (Å²) in [5.74, 6) is 1.07. The third-order valence-corrected chi connectivity index (χ3v) is 4.69. The summed E-state index contributed by atoms with van der Waals surface area (Å²) in [5, 5.41) is 3.19. The highest BCUT2D eigenvalue weighted by molar-refractivity contribution is 5.90. The van der Waals surface area contributed by atoms with E-state index in [0.29, 0.717) is 18.1 Å². The van der Waals surface area contributed by atoms with E-state index in [1.54, 1.807) is 31.5 Å². The summed E-state index contributed by atoms with van der Waals surface area (Å²) < 4.78 is 10.4. The van der Waals surface area contributed by atoms with Gasteiger partial charge in [0.25, 0.3) is 0 Å². The molecule has 1 saturated heterocycles. The summed E-state index contributed by atoms with van der Waals surface area (Å²) in [6.45, 7) is 5.28. The number of carbonyl (C=O) groups excluding carboxylic acids is 1. The van der Waals surface area contributed by atoms with Crippen LogP contribution in [0.3, 0.4) is 0 Å². The number of esters is 1. The molecule has 0 radical (unpaired) electrons. The Kier molecular flexibility index (Phi) is 6.14. The fourth-order valence-corrected chi connectivity index (χ4v) is 3.14. The van der Waals surface area contributed by atoms with Gasteiger partial charge in [0.1, 0.15) is 5.82 Å². The topological polar surface area (TPSA) is 89.5 Å². The minimum atomic E-state index is -0.331. The van der Waals surface area contributed by atoms with Crippen LogP contribution >= 0.6 is 0 Å². The number of anilines is 3. The molecule has 0 aliphatic carbocycles. The number of pyridine rings is 1. The van der Waals surface area contributed by atoms with E-state index in [1.165, 1.54) is 0 Å². The van der Waals surface area contributed by atoms with Crippen LogP contribution in [0.5, 0.6) is 0 Å². The van der Waals surface area contributed by atoms with Crippen molar-refractivity contribution < 1.29 is 14.3 Å². The monoisotopic (exact) mass is 405 g/mol. The molecular formula is C22H23N5O3. The highest BCUT2D eigenvalue weighted by atomic mass is 16.5. The first kappa shape index (κ1) is 19.8. The lowest BCUT2D eigenvalue weighted by atomic mass is 10.1. The van der Waals surface area contributed by atoms with Crippen molar-refractivity contribution in [2.24, 2.45) is 0 Å². The number of nitrogens with zero attached hydrogens (tertiary/aromatic N) is 4. The number of aromatic nitrogens is 3. The minimum Gasteiger partial charge on any atom is -0.462 e. The van der Waals surface area contributed by atoms with E-state index in [9.17, 15) is 4.79 Å². The van der Waals surface area contributed by atoms with E-state index in [2.05, 4.69) is 25.2 Å². The SMILES string of the molecule is CCOC(=O)c1ccc(-c2ccnc(Nc3ccc(N4CCOCC4)nc3)n2)cc1. The summed E-state index contributed by atoms with van der Waals surface area (Å²) in [6, 6.07) is 12.9. The van der Waals surface area contributed by atoms with Crippen molar-refractivity contribution in [3.63, 3.8) is 0 Å². The molecule has 1 fully saturated rings. The van der Waals surface area contributed by atoms with Crippen molar-refractivity contribution >= 4 is 23.4 Å². The summed E-state index contributed by atoms with van der Waals surface area (Å²) in [6.07, 6.45) is 3.47. The van der Waals surface area contributed by atoms with Crippen LogP contribution in [0.25, 0.3) is 11.3 Å². The van der Waals surface area contributed by atoms with Crippen LogP contribution in [0.15, 0.2) is 54.9 Å². The second kappa shape index (κ2) is 9.32. The zero-order valence-electron chi connectivity index (χ0n) is 16.7. The number of ether oxygens (including phenoxy) is 2. The van der Waals surface area contributed by atoms with Crippen molar-refractivity contribution in [1.82, 2.24) is 15.0 Å². The Morgan fingerprint density at radius 3 is 2.60 bits per heavy atom. The molecule has 1 aliphatic heterocycles. The second-order valence-electron chi connectivity index (χ2n) is 6.69. The Hall–Kier alpha value is -3.52. The average Bonchev–Trinajstić information content (AvgIpc) is 2.81. The lowest BCUT2D eigenvalue weighted by Crippen LogP contribution is -2.36. The van der Waals surface area contributed by atoms with Gasteiger partial charge < -0.3 is 19.7 Å². The highest BCUT2D eigenvalue weighted by Crippen LogP contribution is 2.21. The quantitative estimate of drug-likeness (QED) is 0.625. The van der Waals surface area contributed by atoms with E-state index in [0.717, 1.165) is 49.1 Å². The zero-order valence-corrected chi connectivity index (χ0v) is 16.7. The van der Waals surface area contributed by atoms with Gasteiger partial charge in [-0.3, -0.25) is 0 Å². The highest BCUT2D eigenvalue weighted by Gasteiger charge is 2.12. The van der Waals surface area contributed by atoms with Gasteiger partial charge in [0.15, 0.2) is 0 Å². The first-order valence-corrected chi connectivity index (χ1v) is 9.89. The van der Waals surface area contributed by atoms with Gasteiger partial charge in [0.05, 0.1) is 43.0 Å². The summed E-state index contributed by atoms with van der Waals surface area (Å²) >= 11 is 0. The van der Waals surface area contributed by atoms with Crippen molar-refractivity contribution in [3.8, 4) is 11.3 Å². The Morgan fingerprint density at radius 2 is 1.90 bits per heavy atom. The molecule has 4 rings (SSSR count). The standard InChI is InChI=1S/C22H23N5O3/c1-2-30-21(28)17-5-3-16(4-6-17)19-9-10-23-22(26-19)25-18-7-8-20(24-15-18)27-11-13-29-14-12-27/h3-10,15H,2,11-14H2,1H3,(H,23,25,26). The first-order valence-electron chi connectivity index (χ1n) is 9.89. The van der Waals surface area contributed by atoms with E-state index in [4.69, 9.17) is 9.47 Å². The number of morpholine rings is 1. The molecule has 8 heteroatoms. The second-order valence-corrected chi connectivity index (χ2v) is 6.69. The molecular weight excluding hydrogens is 382 g/mol. The third-order valence-electron chi connectivity index (χ3n) is 4.69. The first-order chi connectivity index (χ1) is 14.7. The van der Waals surface area contributed by atoms with Crippen molar-refractivity contribution in [1.29, 1.82) is 0 Å². The minimum absolute atomic E-state index is 0.331. The summed E-state index contributed by atoms with van der Waals surface area (Å²) in [4.78, 5) is 27.4. The molecule has 30 heavy (non-hydrogen) atoms. The zero-order chi connectivity index (χ0) is 20.8. The molecule has 0 saturated carbocycles. The molecule has 1 aromatic carbocycles. The van der Waals surface area contributed by atoms with Crippen LogP contribution in [0.1, 0.15) is 17.3 Å². The number of rotatable bonds is 6. The normalized spacial score (nSPS) is 13.7. The maximum absolute atomic E-state index is 11.8. The van der Waals surface area contributed by atoms with Crippen LogP contribution in [-0.4, -0.2) is 53.8 Å². The van der Waals surface area contributed by atoms with Gasteiger partial charge in [-0.25, -0.2) is 19.7 Å². The van der Waals surface area contributed by atoms with E-state index in [-0.39, 0.29) is 5.97 Å². The molecule has 1 N–H and O–H groups in total. The van der Waals surface area contributed by atoms with Crippen LogP contribution in [0, 0.1) is 0 Å². The fourth-order valence-electron chi connectivity index (χ4n) is 3.14. The Morgan fingerprint density at radius 1 is 1.10 bits per heavy atom. The predicted octanol–water partition coefficient (Wildman–Crippen LogP) is 3.30. The Balaban J connectivity index is 1.45. The lowest BCUT2D eigenvalue weighted by molar-refractivity contribution is 0.0526. The van der Waals surface area contributed by atoms with E-state index in [1.807, 2.05) is 30.3 Å². The fraction of sp³-hybridized carbons (Fsp3) is 0.273.